The molecule has 1 radical (unpaired) electrons. The van der Waals surface area contributed by atoms with Crippen molar-refractivity contribution in [2.45, 2.75) is 62.8 Å². The van der Waals surface area contributed by atoms with Gasteiger partial charge in [-0.15, -0.1) is 0 Å². The van der Waals surface area contributed by atoms with Gasteiger partial charge in [0, 0.05) is 48.6 Å². The van der Waals surface area contributed by atoms with Crippen LogP contribution in [-0.2, 0) is 33.3 Å². The molecule has 0 unspecified atom stereocenters. The number of hydrogen-bond donors (Lipinski definition) is 2. The first kappa shape index (κ1) is 35.0. The van der Waals surface area contributed by atoms with E-state index in [0.717, 1.165) is 72.4 Å². The van der Waals surface area contributed by atoms with Crippen LogP contribution in [0.1, 0.15) is 52.8 Å². The number of pyridine rings is 2. The van der Waals surface area contributed by atoms with Crippen LogP contribution in [0.25, 0.3) is 11.0 Å². The van der Waals surface area contributed by atoms with Gasteiger partial charge < -0.3 is 29.1 Å². The molecule has 13 nitrogen and oxygen atoms in total. The lowest BCUT2D eigenvalue weighted by molar-refractivity contribution is -0.147. The predicted octanol–water partition coefficient (Wildman–Crippen LogP) is 3.75. The Labute approximate surface area is 300 Å². The van der Waals surface area contributed by atoms with Gasteiger partial charge in [0.15, 0.2) is 0 Å². The van der Waals surface area contributed by atoms with Crippen molar-refractivity contribution in [3.63, 3.8) is 0 Å². The summed E-state index contributed by atoms with van der Waals surface area (Å²) >= 11 is 5.94. The Bertz CT molecular complexity index is 1900. The van der Waals surface area contributed by atoms with Gasteiger partial charge >= 0.3 is 5.97 Å². The van der Waals surface area contributed by atoms with Crippen LogP contribution in [0.4, 0.5) is 4.39 Å². The average molecular weight is 735 g/mol. The summed E-state index contributed by atoms with van der Waals surface area (Å²) in [4.78, 5) is 54.6. The second kappa shape index (κ2) is 15.4. The van der Waals surface area contributed by atoms with Crippen LogP contribution < -0.4 is 10.1 Å². The molecule has 51 heavy (non-hydrogen) atoms. The molecule has 3 fully saturated rings. The number of aromatic nitrogens is 4. The highest BCUT2D eigenvalue weighted by molar-refractivity contribution is 6.53. The van der Waals surface area contributed by atoms with E-state index in [1.807, 2.05) is 24.3 Å². The number of hydrogen-bond acceptors (Lipinski definition) is 9. The number of carboxylic acids is 1. The Morgan fingerprint density at radius 2 is 1.94 bits per heavy atom. The molecule has 0 aliphatic carbocycles. The minimum Gasteiger partial charge on any atom is -0.480 e. The van der Waals surface area contributed by atoms with Crippen molar-refractivity contribution in [2.75, 3.05) is 32.8 Å². The van der Waals surface area contributed by atoms with E-state index < -0.39 is 45.6 Å². The van der Waals surface area contributed by atoms with Gasteiger partial charge in [-0.1, -0.05) is 17.7 Å². The Balaban J connectivity index is 0.982. The van der Waals surface area contributed by atoms with E-state index in [-0.39, 0.29) is 13.0 Å². The van der Waals surface area contributed by atoms with Gasteiger partial charge in [-0.25, -0.2) is 19.2 Å². The molecule has 3 saturated heterocycles. The van der Waals surface area contributed by atoms with Gasteiger partial charge in [-0.2, -0.15) is 0 Å². The van der Waals surface area contributed by atoms with Crippen LogP contribution in [-0.4, -0.2) is 106 Å². The normalized spacial score (nSPS) is 20.0. The fourth-order valence-corrected chi connectivity index (χ4v) is 8.34. The van der Waals surface area contributed by atoms with Crippen molar-refractivity contribution in [1.82, 2.24) is 34.6 Å². The SMILES string of the molecule is O=C(NCC(=O)N1C[C@@H](F)C[C@H]1C(=O)O)c1ccc2c(c1)nc(CN1CCC(c3cccc(OCc4ccc(Cl)cn4)n3)CC1)n2C[Si]1CCO1. The first-order valence-corrected chi connectivity index (χ1v) is 19.2. The van der Waals surface area contributed by atoms with E-state index in [1.54, 1.807) is 24.4 Å². The van der Waals surface area contributed by atoms with E-state index in [2.05, 4.69) is 25.8 Å². The summed E-state index contributed by atoms with van der Waals surface area (Å²) in [6.07, 6.45) is 2.57. The minimum absolute atomic E-state index is 0.256. The van der Waals surface area contributed by atoms with Gasteiger partial charge in [0.05, 0.1) is 41.4 Å². The molecule has 16 heteroatoms. The number of alkyl halides is 1. The maximum Gasteiger partial charge on any atom is 0.326 e. The molecule has 0 bridgehead atoms. The molecule has 3 aliphatic heterocycles. The molecule has 0 saturated carbocycles. The Morgan fingerprint density at radius 3 is 2.67 bits per heavy atom. The number of benzene rings is 1. The number of piperidine rings is 1. The van der Waals surface area contributed by atoms with Crippen LogP contribution in [0.5, 0.6) is 5.88 Å². The molecule has 2 N–H and O–H groups in total. The Hall–Kier alpha value is -4.44. The van der Waals surface area contributed by atoms with Crippen LogP contribution in [0.3, 0.4) is 0 Å². The zero-order chi connectivity index (χ0) is 35.5. The fourth-order valence-electron chi connectivity index (χ4n) is 6.78. The topological polar surface area (TPSA) is 152 Å². The van der Waals surface area contributed by atoms with Crippen molar-refractivity contribution in [3.05, 3.63) is 82.5 Å². The van der Waals surface area contributed by atoms with Gasteiger partial charge in [0.2, 0.25) is 20.8 Å². The average Bonchev–Trinajstić information content (AvgIpc) is 3.68. The molecule has 3 aromatic heterocycles. The second-order valence-corrected chi connectivity index (χ2v) is 15.7. The molecule has 2 amide bonds. The van der Waals surface area contributed by atoms with E-state index in [1.165, 1.54) is 0 Å². The largest absolute Gasteiger partial charge is 0.480 e. The molecular weight excluding hydrogens is 697 g/mol. The van der Waals surface area contributed by atoms with Crippen LogP contribution in [0.15, 0.2) is 54.7 Å². The smallest absolute Gasteiger partial charge is 0.326 e. The van der Waals surface area contributed by atoms with Crippen molar-refractivity contribution >= 4 is 49.5 Å². The number of aliphatic carboxylic acids is 1. The maximum atomic E-state index is 13.8. The summed E-state index contributed by atoms with van der Waals surface area (Å²) in [6, 6.07) is 14.6. The number of likely N-dealkylation sites (tertiary alicyclic amines) is 2. The maximum absolute atomic E-state index is 13.8. The second-order valence-electron chi connectivity index (χ2n) is 13.1. The van der Waals surface area contributed by atoms with Crippen molar-refractivity contribution < 1.29 is 33.0 Å². The van der Waals surface area contributed by atoms with E-state index >= 15 is 0 Å². The number of imidazole rings is 1. The molecule has 1 aromatic carbocycles. The van der Waals surface area contributed by atoms with Crippen molar-refractivity contribution in [3.8, 4) is 5.88 Å². The third kappa shape index (κ3) is 8.22. The quantitative estimate of drug-likeness (QED) is 0.206. The molecule has 7 rings (SSSR count). The minimum atomic E-state index is -1.41. The van der Waals surface area contributed by atoms with Crippen LogP contribution in [0, 0.1) is 0 Å². The van der Waals surface area contributed by atoms with Crippen LogP contribution >= 0.6 is 11.6 Å². The molecule has 4 aromatic rings. The number of nitrogens with one attached hydrogen (secondary N) is 1. The Morgan fingerprint density at radius 1 is 1.12 bits per heavy atom. The van der Waals surface area contributed by atoms with Gasteiger partial charge in [0.25, 0.3) is 5.91 Å². The van der Waals surface area contributed by atoms with E-state index in [4.69, 9.17) is 30.7 Å². The summed E-state index contributed by atoms with van der Waals surface area (Å²) in [6.45, 7) is 2.74. The summed E-state index contributed by atoms with van der Waals surface area (Å²) in [5.74, 6) is -0.622. The van der Waals surface area contributed by atoms with E-state index in [0.29, 0.717) is 41.1 Å². The Kier molecular flexibility index (Phi) is 10.6. The molecule has 3 aliphatic rings. The number of nitrogens with zero attached hydrogens (tertiary/aromatic N) is 6. The van der Waals surface area contributed by atoms with Gasteiger partial charge in [-0.3, -0.25) is 19.5 Å². The van der Waals surface area contributed by atoms with Crippen molar-refractivity contribution in [1.29, 1.82) is 0 Å². The number of carboxylic acid groups (broad SMARTS) is 1. The number of halogens is 2. The zero-order valence-corrected chi connectivity index (χ0v) is 29.6. The fraction of sp³-hybridized carbons (Fsp3) is 0.429. The highest BCUT2D eigenvalue weighted by atomic mass is 35.5. The summed E-state index contributed by atoms with van der Waals surface area (Å²) in [7, 11) is -0.978. The third-order valence-corrected chi connectivity index (χ3v) is 11.9. The van der Waals surface area contributed by atoms with Crippen LogP contribution in [0.2, 0.25) is 11.1 Å². The number of carbonyl (C=O) groups excluding carboxylic acids is 2. The number of ether oxygens (including phenoxy) is 1. The van der Waals surface area contributed by atoms with Gasteiger partial charge in [0.1, 0.15) is 24.6 Å². The highest BCUT2D eigenvalue weighted by Crippen LogP contribution is 2.30. The first-order chi connectivity index (χ1) is 24.7. The number of amides is 2. The molecule has 6 heterocycles. The van der Waals surface area contributed by atoms with E-state index in [9.17, 15) is 23.9 Å². The third-order valence-electron chi connectivity index (χ3n) is 9.64. The summed E-state index contributed by atoms with van der Waals surface area (Å²) < 4.78 is 27.8. The molecule has 2 atom stereocenters. The lowest BCUT2D eigenvalue weighted by Crippen LogP contribution is -2.45. The summed E-state index contributed by atoms with van der Waals surface area (Å²) in [5.41, 5.74) is 3.68. The molecular formula is C35H38ClFN7O6Si. The standard InChI is InChI=1S/C35H38ClFN7O6Si/c36-24-5-6-26(38-16-24)20-49-32-3-1-2-27(41-32)22-8-10-42(11-9-22)19-31-40-28-14-23(4-7-29(28)44(31)21-51-13-12-50-51)34(46)39-17-33(45)43-18-25(37)15-30(43)35(47)48/h1-7,14,16,22,25,30H,8-13,15,17-21H2,(H,39,46)(H,47,48)/t25-,30-/m0/s1. The highest BCUT2D eigenvalue weighted by Gasteiger charge is 2.39. The van der Waals surface area contributed by atoms with Crippen molar-refractivity contribution in [2.24, 2.45) is 0 Å². The first-order valence-electron chi connectivity index (χ1n) is 17.0. The zero-order valence-electron chi connectivity index (χ0n) is 27.8. The molecule has 267 valence electrons. The number of fused-ring (bicyclic) bond motifs is 1. The number of rotatable bonds is 12. The lowest BCUT2D eigenvalue weighted by Gasteiger charge is -2.32. The number of carbonyl (C=O) groups is 3. The summed E-state index contributed by atoms with van der Waals surface area (Å²) in [5, 5.41) is 12.5. The van der Waals surface area contributed by atoms with Gasteiger partial charge in [-0.05, 0) is 68.4 Å². The predicted molar refractivity (Wildman–Crippen MR) is 186 cm³/mol. The molecule has 0 spiro atoms. The lowest BCUT2D eigenvalue weighted by atomic mass is 9.93. The monoisotopic (exact) mass is 734 g/mol.